The fraction of sp³-hybridized carbons (Fsp3) is 0.100. The van der Waals surface area contributed by atoms with E-state index in [1.54, 1.807) is 30.5 Å². The summed E-state index contributed by atoms with van der Waals surface area (Å²) >= 11 is 0. The molecule has 0 radical (unpaired) electrons. The Morgan fingerprint density at radius 3 is 2.50 bits per heavy atom. The smallest absolute Gasteiger partial charge is 0.237 e. The van der Waals surface area contributed by atoms with E-state index in [-0.39, 0.29) is 4.90 Å². The van der Waals surface area contributed by atoms with E-state index in [0.29, 0.717) is 5.69 Å². The Morgan fingerprint density at radius 2 is 1.94 bits per heavy atom. The van der Waals surface area contributed by atoms with Crippen LogP contribution in [0.2, 0.25) is 0 Å². The van der Waals surface area contributed by atoms with E-state index in [1.165, 1.54) is 10.7 Å². The van der Waals surface area contributed by atoms with Crippen molar-refractivity contribution in [2.45, 2.75) is 11.8 Å². The zero-order valence-corrected chi connectivity index (χ0v) is 10.0. The maximum absolute atomic E-state index is 11.4. The van der Waals surface area contributed by atoms with Crippen LogP contribution < -0.4 is 0 Å². The Morgan fingerprint density at radius 1 is 1.25 bits per heavy atom. The number of aryl methyl sites for hydroxylation is 1. The molecule has 84 valence electrons. The van der Waals surface area contributed by atoms with Gasteiger partial charge in [0.2, 0.25) is 0 Å². The monoisotopic (exact) mass is 256 g/mol. The van der Waals surface area contributed by atoms with Crippen LogP contribution in [0.15, 0.2) is 41.4 Å². The molecule has 0 atom stereocenters. The van der Waals surface area contributed by atoms with Crippen LogP contribution in [0.3, 0.4) is 0 Å². The molecule has 0 saturated heterocycles. The summed E-state index contributed by atoms with van der Waals surface area (Å²) < 4.78 is 24.3. The second-order valence-corrected chi connectivity index (χ2v) is 5.82. The Bertz CT molecular complexity index is 619. The van der Waals surface area contributed by atoms with E-state index >= 15 is 0 Å². The molecule has 0 unspecified atom stereocenters. The van der Waals surface area contributed by atoms with Crippen LogP contribution in [0.4, 0.5) is 0 Å². The van der Waals surface area contributed by atoms with E-state index in [1.807, 2.05) is 6.92 Å². The number of halogens is 1. The largest absolute Gasteiger partial charge is 0.263 e. The zero-order valence-electron chi connectivity index (χ0n) is 8.46. The number of nitrogens with zero attached hydrogens (tertiary/aromatic N) is 2. The lowest BCUT2D eigenvalue weighted by atomic mass is 10.3. The second-order valence-electron chi connectivity index (χ2n) is 3.29. The first kappa shape index (κ1) is 11.2. The lowest BCUT2D eigenvalue weighted by Crippen LogP contribution is -2.04. The molecule has 1 aromatic heterocycles. The van der Waals surface area contributed by atoms with Crippen molar-refractivity contribution >= 4 is 19.7 Å². The molecule has 0 aliphatic rings. The number of hydrogen-bond acceptors (Lipinski definition) is 3. The van der Waals surface area contributed by atoms with Crippen molar-refractivity contribution < 1.29 is 8.42 Å². The molecule has 2 aromatic rings. The Balaban J connectivity index is 2.72. The molecule has 0 spiro atoms. The summed E-state index contributed by atoms with van der Waals surface area (Å²) in [6, 6.07) is 8.27. The molecule has 0 bridgehead atoms. The highest BCUT2D eigenvalue weighted by atomic mass is 35.7. The number of benzene rings is 1. The molecule has 0 aliphatic heterocycles. The van der Waals surface area contributed by atoms with E-state index in [9.17, 15) is 8.42 Å². The van der Waals surface area contributed by atoms with Crippen molar-refractivity contribution in [3.8, 4) is 5.69 Å². The molecule has 4 nitrogen and oxygen atoms in total. The fourth-order valence-electron chi connectivity index (χ4n) is 1.46. The van der Waals surface area contributed by atoms with Crippen LogP contribution in [-0.4, -0.2) is 18.2 Å². The fourth-order valence-corrected chi connectivity index (χ4v) is 2.50. The second kappa shape index (κ2) is 3.92. The molecule has 1 aromatic carbocycles. The quantitative estimate of drug-likeness (QED) is 0.774. The molecule has 2 rings (SSSR count). The lowest BCUT2D eigenvalue weighted by molar-refractivity contribution is 0.608. The summed E-state index contributed by atoms with van der Waals surface area (Å²) in [5.41, 5.74) is 1.30. The third-order valence-electron chi connectivity index (χ3n) is 2.19. The van der Waals surface area contributed by atoms with Gasteiger partial charge in [0.25, 0.3) is 9.05 Å². The highest BCUT2D eigenvalue weighted by molar-refractivity contribution is 8.13. The summed E-state index contributed by atoms with van der Waals surface area (Å²) in [6.07, 6.45) is 1.60. The SMILES string of the molecule is Cc1ccnn1-c1ccccc1S(=O)(=O)Cl. The summed E-state index contributed by atoms with van der Waals surface area (Å²) in [6.45, 7) is 1.84. The normalized spacial score (nSPS) is 11.6. The molecule has 6 heteroatoms. The molecule has 0 N–H and O–H groups in total. The number of hydrogen-bond donors (Lipinski definition) is 0. The molecule has 16 heavy (non-hydrogen) atoms. The van der Waals surface area contributed by atoms with Gasteiger partial charge in [-0.05, 0) is 25.1 Å². The summed E-state index contributed by atoms with van der Waals surface area (Å²) in [5, 5.41) is 4.05. The van der Waals surface area contributed by atoms with Gasteiger partial charge in [-0.25, -0.2) is 13.1 Å². The van der Waals surface area contributed by atoms with Crippen LogP contribution in [0.25, 0.3) is 5.69 Å². The standard InChI is InChI=1S/C10H9ClN2O2S/c1-8-6-7-12-13(8)9-4-2-3-5-10(9)16(11,14)15/h2-7H,1H3. The first-order valence-electron chi connectivity index (χ1n) is 4.55. The van der Waals surface area contributed by atoms with Crippen molar-refractivity contribution in [1.82, 2.24) is 9.78 Å². The maximum atomic E-state index is 11.4. The van der Waals surface area contributed by atoms with Crippen LogP contribution in [0, 0.1) is 6.92 Å². The van der Waals surface area contributed by atoms with E-state index < -0.39 is 9.05 Å². The van der Waals surface area contributed by atoms with Gasteiger partial charge < -0.3 is 0 Å². The summed E-state index contributed by atoms with van der Waals surface area (Å²) in [5.74, 6) is 0. The molecule has 0 amide bonds. The highest BCUT2D eigenvalue weighted by Gasteiger charge is 2.17. The molecular formula is C10H9ClN2O2S. The van der Waals surface area contributed by atoms with Crippen molar-refractivity contribution in [2.24, 2.45) is 0 Å². The number of para-hydroxylation sites is 1. The zero-order chi connectivity index (χ0) is 11.8. The van der Waals surface area contributed by atoms with Gasteiger partial charge in [-0.2, -0.15) is 5.10 Å². The van der Waals surface area contributed by atoms with Gasteiger partial charge in [0.15, 0.2) is 0 Å². The maximum Gasteiger partial charge on any atom is 0.263 e. The van der Waals surface area contributed by atoms with Gasteiger partial charge in [0.05, 0.1) is 5.69 Å². The molecular weight excluding hydrogens is 248 g/mol. The van der Waals surface area contributed by atoms with Gasteiger partial charge in [0, 0.05) is 22.6 Å². The van der Waals surface area contributed by atoms with Gasteiger partial charge in [-0.3, -0.25) is 0 Å². The van der Waals surface area contributed by atoms with Crippen molar-refractivity contribution in [3.05, 3.63) is 42.2 Å². The van der Waals surface area contributed by atoms with Gasteiger partial charge >= 0.3 is 0 Å². The van der Waals surface area contributed by atoms with Gasteiger partial charge in [-0.15, -0.1) is 0 Å². The topological polar surface area (TPSA) is 52.0 Å². The molecule has 0 aliphatic carbocycles. The Labute approximate surface area is 97.9 Å². The third-order valence-corrected chi connectivity index (χ3v) is 3.56. The minimum Gasteiger partial charge on any atom is -0.237 e. The first-order valence-corrected chi connectivity index (χ1v) is 6.86. The minimum absolute atomic E-state index is 0.0588. The molecule has 0 saturated carbocycles. The van der Waals surface area contributed by atoms with Crippen LogP contribution in [-0.2, 0) is 9.05 Å². The molecule has 0 fully saturated rings. The predicted molar refractivity (Wildman–Crippen MR) is 61.3 cm³/mol. The lowest BCUT2D eigenvalue weighted by Gasteiger charge is -2.08. The van der Waals surface area contributed by atoms with E-state index in [2.05, 4.69) is 5.10 Å². The summed E-state index contributed by atoms with van der Waals surface area (Å²) in [4.78, 5) is 0.0588. The first-order chi connectivity index (χ1) is 7.50. The van der Waals surface area contributed by atoms with E-state index in [4.69, 9.17) is 10.7 Å². The van der Waals surface area contributed by atoms with E-state index in [0.717, 1.165) is 5.69 Å². The van der Waals surface area contributed by atoms with Gasteiger partial charge in [0.1, 0.15) is 4.90 Å². The third kappa shape index (κ3) is 1.96. The number of rotatable bonds is 2. The van der Waals surface area contributed by atoms with Gasteiger partial charge in [-0.1, -0.05) is 12.1 Å². The molecule has 1 heterocycles. The number of aromatic nitrogens is 2. The average molecular weight is 257 g/mol. The summed E-state index contributed by atoms with van der Waals surface area (Å²) in [7, 11) is 1.60. The Hall–Kier alpha value is -1.33. The predicted octanol–water partition coefficient (Wildman–Crippen LogP) is 2.11. The van der Waals surface area contributed by atoms with Crippen molar-refractivity contribution in [2.75, 3.05) is 0 Å². The minimum atomic E-state index is -3.76. The van der Waals surface area contributed by atoms with Crippen molar-refractivity contribution in [3.63, 3.8) is 0 Å². The van der Waals surface area contributed by atoms with Crippen molar-refractivity contribution in [1.29, 1.82) is 0 Å². The average Bonchev–Trinajstić information content (AvgIpc) is 2.63. The highest BCUT2D eigenvalue weighted by Crippen LogP contribution is 2.23. The van der Waals surface area contributed by atoms with Crippen LogP contribution in [0.1, 0.15) is 5.69 Å². The van der Waals surface area contributed by atoms with Crippen LogP contribution in [0.5, 0.6) is 0 Å². The Kier molecular flexibility index (Phi) is 2.73. The van der Waals surface area contributed by atoms with Crippen LogP contribution >= 0.6 is 10.7 Å².